The summed E-state index contributed by atoms with van der Waals surface area (Å²) in [6, 6.07) is 3.24. The van der Waals surface area contributed by atoms with Crippen LogP contribution in [0.3, 0.4) is 0 Å². The van der Waals surface area contributed by atoms with Crippen molar-refractivity contribution in [1.29, 1.82) is 0 Å². The molecule has 0 aliphatic heterocycles. The lowest BCUT2D eigenvalue weighted by Crippen LogP contribution is -2.36. The van der Waals surface area contributed by atoms with Gasteiger partial charge in [0.1, 0.15) is 6.54 Å². The number of aromatic nitrogens is 1. The Morgan fingerprint density at radius 3 is 2.47 bits per heavy atom. The molecule has 5 nitrogen and oxygen atoms in total. The molecule has 0 atom stereocenters. The summed E-state index contributed by atoms with van der Waals surface area (Å²) in [7, 11) is 0. The van der Waals surface area contributed by atoms with Crippen LogP contribution in [-0.4, -0.2) is 41.5 Å². The molecule has 17 heavy (non-hydrogen) atoms. The lowest BCUT2D eigenvalue weighted by atomic mass is 10.2. The second-order valence-corrected chi connectivity index (χ2v) is 3.36. The summed E-state index contributed by atoms with van der Waals surface area (Å²) in [5.74, 6) is -0.584. The Balaban J connectivity index is 2.68. The first-order valence-electron chi connectivity index (χ1n) is 5.54. The summed E-state index contributed by atoms with van der Waals surface area (Å²) < 4.78 is 4.82. The molecular weight excluding hydrogens is 220 g/mol. The second kappa shape index (κ2) is 6.62. The van der Waals surface area contributed by atoms with Crippen molar-refractivity contribution in [2.45, 2.75) is 13.8 Å². The lowest BCUT2D eigenvalue weighted by molar-refractivity contribution is -0.143. The van der Waals surface area contributed by atoms with Crippen LogP contribution >= 0.6 is 0 Å². The first kappa shape index (κ1) is 13.2. The van der Waals surface area contributed by atoms with Crippen LogP contribution in [-0.2, 0) is 9.53 Å². The third kappa shape index (κ3) is 3.86. The van der Waals surface area contributed by atoms with Crippen LogP contribution in [0.2, 0.25) is 0 Å². The minimum atomic E-state index is -0.392. The number of hydrogen-bond donors (Lipinski definition) is 0. The van der Waals surface area contributed by atoms with E-state index >= 15 is 0 Å². The SMILES string of the molecule is CCOC(=O)CN(CC)C(=O)c1ccncc1. The van der Waals surface area contributed by atoms with Gasteiger partial charge in [0.25, 0.3) is 5.91 Å². The van der Waals surface area contributed by atoms with Crippen molar-refractivity contribution in [2.24, 2.45) is 0 Å². The van der Waals surface area contributed by atoms with Gasteiger partial charge in [-0.25, -0.2) is 0 Å². The number of carbonyl (C=O) groups excluding carboxylic acids is 2. The molecule has 0 unspecified atom stereocenters. The maximum Gasteiger partial charge on any atom is 0.325 e. The number of likely N-dealkylation sites (N-methyl/N-ethyl adjacent to an activating group) is 1. The van der Waals surface area contributed by atoms with E-state index in [0.29, 0.717) is 18.7 Å². The average molecular weight is 236 g/mol. The van der Waals surface area contributed by atoms with Gasteiger partial charge in [-0.3, -0.25) is 14.6 Å². The van der Waals surface area contributed by atoms with Gasteiger partial charge in [-0.2, -0.15) is 0 Å². The molecule has 0 saturated carbocycles. The van der Waals surface area contributed by atoms with E-state index in [1.165, 1.54) is 4.90 Å². The maximum atomic E-state index is 12.0. The fraction of sp³-hybridized carbons (Fsp3) is 0.417. The third-order valence-electron chi connectivity index (χ3n) is 2.22. The Morgan fingerprint density at radius 2 is 1.94 bits per heavy atom. The molecule has 0 bridgehead atoms. The van der Waals surface area contributed by atoms with Crippen molar-refractivity contribution >= 4 is 11.9 Å². The third-order valence-corrected chi connectivity index (χ3v) is 2.22. The largest absolute Gasteiger partial charge is 0.465 e. The molecule has 1 heterocycles. The van der Waals surface area contributed by atoms with Crippen molar-refractivity contribution in [1.82, 2.24) is 9.88 Å². The summed E-state index contributed by atoms with van der Waals surface area (Å²) in [4.78, 5) is 28.6. The van der Waals surface area contributed by atoms with Crippen molar-refractivity contribution in [3.8, 4) is 0 Å². The molecule has 1 rings (SSSR count). The second-order valence-electron chi connectivity index (χ2n) is 3.36. The summed E-state index contributed by atoms with van der Waals surface area (Å²) >= 11 is 0. The fourth-order valence-electron chi connectivity index (χ4n) is 1.37. The monoisotopic (exact) mass is 236 g/mol. The van der Waals surface area contributed by atoms with E-state index in [4.69, 9.17) is 4.74 Å². The van der Waals surface area contributed by atoms with Gasteiger partial charge < -0.3 is 9.64 Å². The molecule has 0 aliphatic rings. The van der Waals surface area contributed by atoms with Crippen LogP contribution < -0.4 is 0 Å². The molecule has 0 fully saturated rings. The number of pyridine rings is 1. The molecule has 0 aromatic carbocycles. The summed E-state index contributed by atoms with van der Waals surface area (Å²) in [5.41, 5.74) is 0.520. The zero-order chi connectivity index (χ0) is 12.7. The molecular formula is C12H16N2O3. The number of carbonyl (C=O) groups is 2. The smallest absolute Gasteiger partial charge is 0.325 e. The topological polar surface area (TPSA) is 59.5 Å². The Hall–Kier alpha value is -1.91. The minimum absolute atomic E-state index is 0.0223. The van der Waals surface area contributed by atoms with Crippen LogP contribution in [0.1, 0.15) is 24.2 Å². The molecule has 5 heteroatoms. The zero-order valence-electron chi connectivity index (χ0n) is 10.0. The van der Waals surface area contributed by atoms with E-state index in [2.05, 4.69) is 4.98 Å². The average Bonchev–Trinajstić information content (AvgIpc) is 2.36. The van der Waals surface area contributed by atoms with Gasteiger partial charge in [-0.15, -0.1) is 0 Å². The molecule has 1 amide bonds. The quantitative estimate of drug-likeness (QED) is 0.718. The molecule has 0 aliphatic carbocycles. The van der Waals surface area contributed by atoms with E-state index in [0.717, 1.165) is 0 Å². The molecule has 92 valence electrons. The standard InChI is InChI=1S/C12H16N2O3/c1-3-14(9-11(15)17-4-2)12(16)10-5-7-13-8-6-10/h5-8H,3-4,9H2,1-2H3. The van der Waals surface area contributed by atoms with Gasteiger partial charge in [0, 0.05) is 24.5 Å². The highest BCUT2D eigenvalue weighted by Gasteiger charge is 2.17. The van der Waals surface area contributed by atoms with Crippen molar-refractivity contribution in [3.05, 3.63) is 30.1 Å². The Kier molecular flexibility index (Phi) is 5.13. The Morgan fingerprint density at radius 1 is 1.29 bits per heavy atom. The molecule has 0 spiro atoms. The van der Waals surface area contributed by atoms with Crippen molar-refractivity contribution < 1.29 is 14.3 Å². The van der Waals surface area contributed by atoms with E-state index in [1.54, 1.807) is 31.5 Å². The number of esters is 1. The van der Waals surface area contributed by atoms with Crippen LogP contribution in [0.4, 0.5) is 0 Å². The first-order chi connectivity index (χ1) is 8.19. The van der Waals surface area contributed by atoms with E-state index in [1.807, 2.05) is 6.92 Å². The number of ether oxygens (including phenoxy) is 1. The summed E-state index contributed by atoms with van der Waals surface area (Å²) in [5, 5.41) is 0. The predicted molar refractivity (Wildman–Crippen MR) is 62.4 cm³/mol. The predicted octanol–water partition coefficient (Wildman–Crippen LogP) is 1.11. The lowest BCUT2D eigenvalue weighted by Gasteiger charge is -2.19. The molecule has 1 aromatic heterocycles. The van der Waals surface area contributed by atoms with Gasteiger partial charge in [0.05, 0.1) is 6.61 Å². The van der Waals surface area contributed by atoms with Gasteiger partial charge >= 0.3 is 5.97 Å². The highest BCUT2D eigenvalue weighted by Crippen LogP contribution is 2.03. The number of amides is 1. The first-order valence-corrected chi connectivity index (χ1v) is 5.54. The molecule has 0 radical (unpaired) electrons. The number of rotatable bonds is 5. The molecule has 0 N–H and O–H groups in total. The highest BCUT2D eigenvalue weighted by molar-refractivity contribution is 5.95. The maximum absolute atomic E-state index is 12.0. The Bertz CT molecular complexity index is 379. The van der Waals surface area contributed by atoms with E-state index < -0.39 is 5.97 Å². The normalized spacial score (nSPS) is 9.76. The number of hydrogen-bond acceptors (Lipinski definition) is 4. The molecule has 1 aromatic rings. The van der Waals surface area contributed by atoms with Crippen molar-refractivity contribution in [2.75, 3.05) is 19.7 Å². The molecule has 0 saturated heterocycles. The van der Waals surface area contributed by atoms with E-state index in [-0.39, 0.29) is 12.5 Å². The van der Waals surface area contributed by atoms with Gasteiger partial charge in [0.15, 0.2) is 0 Å². The Labute approximate surface area is 100 Å². The van der Waals surface area contributed by atoms with Crippen LogP contribution in [0.5, 0.6) is 0 Å². The van der Waals surface area contributed by atoms with E-state index in [9.17, 15) is 9.59 Å². The zero-order valence-corrected chi connectivity index (χ0v) is 10.0. The van der Waals surface area contributed by atoms with Crippen LogP contribution in [0, 0.1) is 0 Å². The van der Waals surface area contributed by atoms with Crippen LogP contribution in [0.25, 0.3) is 0 Å². The van der Waals surface area contributed by atoms with Gasteiger partial charge in [0.2, 0.25) is 0 Å². The highest BCUT2D eigenvalue weighted by atomic mass is 16.5. The van der Waals surface area contributed by atoms with Gasteiger partial charge in [-0.05, 0) is 26.0 Å². The summed E-state index contributed by atoms with van der Waals surface area (Å²) in [6.07, 6.45) is 3.09. The van der Waals surface area contributed by atoms with Crippen LogP contribution in [0.15, 0.2) is 24.5 Å². The van der Waals surface area contributed by atoms with Gasteiger partial charge in [-0.1, -0.05) is 0 Å². The van der Waals surface area contributed by atoms with Crippen molar-refractivity contribution in [3.63, 3.8) is 0 Å². The fourth-order valence-corrected chi connectivity index (χ4v) is 1.37. The number of nitrogens with zero attached hydrogens (tertiary/aromatic N) is 2. The minimum Gasteiger partial charge on any atom is -0.465 e. The summed E-state index contributed by atoms with van der Waals surface area (Å²) in [6.45, 7) is 4.31.